The van der Waals surface area contributed by atoms with Crippen LogP contribution in [0.15, 0.2) is 78.9 Å². The second kappa shape index (κ2) is 10.6. The third-order valence-corrected chi connectivity index (χ3v) is 8.19. The van der Waals surface area contributed by atoms with Crippen molar-refractivity contribution in [3.05, 3.63) is 90.0 Å². The lowest BCUT2D eigenvalue weighted by atomic mass is 9.49. The van der Waals surface area contributed by atoms with Crippen molar-refractivity contribution < 1.29 is 19.8 Å². The van der Waals surface area contributed by atoms with Crippen LogP contribution in [0.2, 0.25) is 0 Å². The number of aliphatic carboxylic acids is 2. The summed E-state index contributed by atoms with van der Waals surface area (Å²) >= 11 is 0. The van der Waals surface area contributed by atoms with Gasteiger partial charge in [-0.05, 0) is 48.6 Å². The lowest BCUT2D eigenvalue weighted by Gasteiger charge is -2.57. The molecule has 4 rings (SSSR count). The minimum Gasteiger partial charge on any atom is -0.481 e. The molecule has 0 saturated carbocycles. The van der Waals surface area contributed by atoms with E-state index in [2.05, 4.69) is 11.4 Å². The Balaban J connectivity index is 1.97. The number of carboxylic acids is 2. The molecule has 0 spiro atoms. The largest absolute Gasteiger partial charge is 0.481 e. The number of fused-ring (bicyclic) bond motifs is 1. The predicted octanol–water partition coefficient (Wildman–Crippen LogP) is 5.85. The van der Waals surface area contributed by atoms with Gasteiger partial charge >= 0.3 is 11.9 Å². The fourth-order valence-electron chi connectivity index (χ4n) is 6.30. The summed E-state index contributed by atoms with van der Waals surface area (Å²) < 4.78 is 0. The molecule has 0 radical (unpaired) electrons. The molecule has 1 fully saturated rings. The Morgan fingerprint density at radius 2 is 1.54 bits per heavy atom. The van der Waals surface area contributed by atoms with Gasteiger partial charge in [-0.1, -0.05) is 84.9 Å². The summed E-state index contributed by atoms with van der Waals surface area (Å²) in [6.45, 7) is 3.62. The summed E-state index contributed by atoms with van der Waals surface area (Å²) in [6, 6.07) is 24.1. The highest BCUT2D eigenvalue weighted by atomic mass is 16.4. The van der Waals surface area contributed by atoms with E-state index >= 15 is 0 Å². The topological polar surface area (TPSA) is 110 Å². The van der Waals surface area contributed by atoms with Gasteiger partial charge in [0.1, 0.15) is 0 Å². The van der Waals surface area contributed by atoms with Gasteiger partial charge in [0.15, 0.2) is 0 Å². The summed E-state index contributed by atoms with van der Waals surface area (Å²) in [5, 5.41) is 36.3. The maximum absolute atomic E-state index is 13.3. The second-order valence-electron chi connectivity index (χ2n) is 10.0. The van der Waals surface area contributed by atoms with Crippen LogP contribution in [0.4, 0.5) is 0 Å². The van der Waals surface area contributed by atoms with E-state index in [-0.39, 0.29) is 19.3 Å². The van der Waals surface area contributed by atoms with E-state index in [0.717, 1.165) is 16.3 Å². The lowest BCUT2D eigenvalue weighted by Crippen LogP contribution is -2.69. The smallest absolute Gasteiger partial charge is 0.312 e. The normalized spacial score (nSPS) is 27.6. The van der Waals surface area contributed by atoms with Crippen LogP contribution in [0, 0.1) is 22.2 Å². The first-order valence-corrected chi connectivity index (χ1v) is 12.6. The molecular formula is C31H32N2O4. The average molecular weight is 497 g/mol. The van der Waals surface area contributed by atoms with Crippen LogP contribution in [-0.4, -0.2) is 34.2 Å². The van der Waals surface area contributed by atoms with Crippen molar-refractivity contribution in [2.75, 3.05) is 0 Å². The molecule has 3 aromatic carbocycles. The Hall–Kier alpha value is -3.95. The third-order valence-electron chi connectivity index (χ3n) is 8.19. The molecule has 6 heteroatoms. The number of nitriles is 1. The first-order chi connectivity index (χ1) is 17.8. The van der Waals surface area contributed by atoms with Crippen molar-refractivity contribution in [3.8, 4) is 6.07 Å². The Bertz CT molecular complexity index is 1360. The Morgan fingerprint density at radius 3 is 2.19 bits per heavy atom. The van der Waals surface area contributed by atoms with Gasteiger partial charge in [-0.15, -0.1) is 0 Å². The van der Waals surface area contributed by atoms with E-state index in [0.29, 0.717) is 5.56 Å². The maximum atomic E-state index is 13.3. The minimum absolute atomic E-state index is 0.00629. The van der Waals surface area contributed by atoms with Gasteiger partial charge in [0.05, 0.1) is 16.9 Å². The monoisotopic (exact) mass is 496 g/mol. The van der Waals surface area contributed by atoms with E-state index < -0.39 is 40.8 Å². The molecule has 190 valence electrons. The van der Waals surface area contributed by atoms with Crippen LogP contribution >= 0.6 is 0 Å². The van der Waals surface area contributed by atoms with Gasteiger partial charge in [-0.3, -0.25) is 9.59 Å². The highest BCUT2D eigenvalue weighted by Crippen LogP contribution is 2.59. The van der Waals surface area contributed by atoms with Crippen molar-refractivity contribution in [1.82, 2.24) is 5.32 Å². The molecule has 0 aliphatic carbocycles. The van der Waals surface area contributed by atoms with Gasteiger partial charge in [0.25, 0.3) is 0 Å². The molecule has 5 unspecified atom stereocenters. The van der Waals surface area contributed by atoms with Gasteiger partial charge in [-0.2, -0.15) is 5.26 Å². The number of carboxylic acid groups (broad SMARTS) is 2. The maximum Gasteiger partial charge on any atom is 0.312 e. The molecule has 6 nitrogen and oxygen atoms in total. The van der Waals surface area contributed by atoms with Crippen molar-refractivity contribution >= 4 is 28.8 Å². The van der Waals surface area contributed by atoms with Crippen LogP contribution in [0.5, 0.6) is 0 Å². The number of piperidine rings is 1. The standard InChI is InChI=1S/C31H32N2O4/c1-21-30(28(34)35,17-8-12-23-10-4-3-5-11-23)27(26-16-15-24-13-6-7-14-25(24)20-26)31(29(36)37,18-9-19-32)22(2)33-21/h3-8,10-16,20-22,27,33H,9,17-18H2,1-2H3,(H,34,35)(H,36,37). The van der Waals surface area contributed by atoms with Gasteiger partial charge < -0.3 is 15.5 Å². The van der Waals surface area contributed by atoms with Gasteiger partial charge in [-0.25, -0.2) is 0 Å². The molecule has 1 saturated heterocycles. The zero-order valence-electron chi connectivity index (χ0n) is 21.1. The fourth-order valence-corrected chi connectivity index (χ4v) is 6.30. The van der Waals surface area contributed by atoms with Gasteiger partial charge in [0, 0.05) is 24.4 Å². The van der Waals surface area contributed by atoms with E-state index in [1.165, 1.54) is 0 Å². The van der Waals surface area contributed by atoms with Crippen molar-refractivity contribution in [2.24, 2.45) is 10.8 Å². The van der Waals surface area contributed by atoms with Crippen LogP contribution < -0.4 is 5.32 Å². The van der Waals surface area contributed by atoms with E-state index in [4.69, 9.17) is 0 Å². The number of rotatable bonds is 8. The molecule has 3 N–H and O–H groups in total. The molecule has 0 aromatic heterocycles. The Kier molecular flexibility index (Phi) is 7.47. The summed E-state index contributed by atoms with van der Waals surface area (Å²) in [6.07, 6.45) is 3.88. The number of nitrogens with zero attached hydrogens (tertiary/aromatic N) is 1. The van der Waals surface area contributed by atoms with E-state index in [1.54, 1.807) is 6.92 Å². The first kappa shape index (κ1) is 26.1. The molecule has 5 atom stereocenters. The number of hydrogen-bond donors (Lipinski definition) is 3. The zero-order valence-corrected chi connectivity index (χ0v) is 21.1. The number of carbonyl (C=O) groups is 2. The quantitative estimate of drug-likeness (QED) is 0.361. The van der Waals surface area contributed by atoms with Crippen LogP contribution in [-0.2, 0) is 9.59 Å². The summed E-state index contributed by atoms with van der Waals surface area (Å²) in [7, 11) is 0. The second-order valence-corrected chi connectivity index (χ2v) is 10.0. The van der Waals surface area contributed by atoms with Crippen LogP contribution in [0.25, 0.3) is 16.8 Å². The summed E-state index contributed by atoms with van der Waals surface area (Å²) in [5.41, 5.74) is -1.39. The van der Waals surface area contributed by atoms with Crippen molar-refractivity contribution in [3.63, 3.8) is 0 Å². The molecule has 37 heavy (non-hydrogen) atoms. The summed E-state index contributed by atoms with van der Waals surface area (Å²) in [4.78, 5) is 26.5. The molecule has 1 aliphatic rings. The third kappa shape index (κ3) is 4.52. The molecular weight excluding hydrogens is 464 g/mol. The molecule has 1 aliphatic heterocycles. The zero-order chi connectivity index (χ0) is 26.6. The Labute approximate surface area is 217 Å². The number of benzene rings is 3. The SMILES string of the molecule is CC1NC(C)C(CCC#N)(C(=O)O)C(c2ccc3ccccc3c2)C1(CC=Cc1ccccc1)C(=O)O. The van der Waals surface area contributed by atoms with Crippen LogP contribution in [0.1, 0.15) is 50.2 Å². The predicted molar refractivity (Wildman–Crippen MR) is 144 cm³/mol. The van der Waals surface area contributed by atoms with Gasteiger partial charge in [0.2, 0.25) is 0 Å². The van der Waals surface area contributed by atoms with E-state index in [9.17, 15) is 25.1 Å². The Morgan fingerprint density at radius 1 is 0.919 bits per heavy atom. The summed E-state index contributed by atoms with van der Waals surface area (Å²) in [5.74, 6) is -3.04. The molecule has 0 bridgehead atoms. The van der Waals surface area contributed by atoms with Crippen LogP contribution in [0.3, 0.4) is 0 Å². The average Bonchev–Trinajstić information content (AvgIpc) is 2.89. The van der Waals surface area contributed by atoms with Crippen molar-refractivity contribution in [2.45, 2.75) is 51.1 Å². The first-order valence-electron chi connectivity index (χ1n) is 12.6. The number of allylic oxidation sites excluding steroid dienone is 1. The highest BCUT2D eigenvalue weighted by molar-refractivity contribution is 5.87. The fraction of sp³-hybridized carbons (Fsp3) is 0.323. The number of hydrogen-bond acceptors (Lipinski definition) is 4. The van der Waals surface area contributed by atoms with Crippen molar-refractivity contribution in [1.29, 1.82) is 5.26 Å². The van der Waals surface area contributed by atoms with E-state index in [1.807, 2.05) is 91.9 Å². The minimum atomic E-state index is -1.51. The molecule has 0 amide bonds. The number of nitrogens with one attached hydrogen (secondary N) is 1. The molecule has 1 heterocycles. The highest BCUT2D eigenvalue weighted by Gasteiger charge is 2.66. The lowest BCUT2D eigenvalue weighted by molar-refractivity contribution is -0.172. The molecule has 3 aromatic rings.